The van der Waals surface area contributed by atoms with E-state index in [0.717, 1.165) is 5.75 Å². The monoisotopic (exact) mass is 270 g/mol. The maximum absolute atomic E-state index is 5.68. The number of nitrogens with one attached hydrogen (secondary N) is 1. The van der Waals surface area contributed by atoms with Crippen LogP contribution in [0.1, 0.15) is 0 Å². The number of fused-ring (bicyclic) bond motifs is 1. The Labute approximate surface area is 115 Å². The molecule has 20 heavy (non-hydrogen) atoms. The molecular weight excluding hydrogens is 256 g/mol. The molecule has 2 heterocycles. The van der Waals surface area contributed by atoms with Crippen molar-refractivity contribution in [1.29, 1.82) is 0 Å². The van der Waals surface area contributed by atoms with Gasteiger partial charge in [0, 0.05) is 24.1 Å². The molecule has 3 aromatic rings. The van der Waals surface area contributed by atoms with Crippen molar-refractivity contribution in [3.8, 4) is 5.75 Å². The Bertz CT molecular complexity index is 711. The average Bonchev–Trinajstić information content (AvgIpc) is 2.93. The van der Waals surface area contributed by atoms with Gasteiger partial charge in [-0.3, -0.25) is 4.40 Å². The first-order valence-corrected chi connectivity index (χ1v) is 6.19. The van der Waals surface area contributed by atoms with Gasteiger partial charge in [0.2, 0.25) is 5.65 Å². The molecule has 102 valence electrons. The zero-order chi connectivity index (χ0) is 13.8. The summed E-state index contributed by atoms with van der Waals surface area (Å²) in [6.45, 7) is 1.11. The quantitative estimate of drug-likeness (QED) is 0.535. The molecule has 7 heteroatoms. The summed E-state index contributed by atoms with van der Waals surface area (Å²) in [5, 5.41) is 11.0. The normalized spacial score (nSPS) is 10.6. The standard InChI is InChI=1S/C13H14N6O/c14-10-2-1-3-11(8-10)20-7-5-16-12-13-18-17-9-19(13)6-4-15-12/h1-4,6,8-9H,5,7,14H2,(H,15,16). The van der Waals surface area contributed by atoms with Gasteiger partial charge in [-0.25, -0.2) is 4.98 Å². The van der Waals surface area contributed by atoms with Crippen LogP contribution < -0.4 is 15.8 Å². The van der Waals surface area contributed by atoms with Crippen LogP contribution in [0.5, 0.6) is 5.75 Å². The molecule has 0 fully saturated rings. The van der Waals surface area contributed by atoms with E-state index in [9.17, 15) is 0 Å². The van der Waals surface area contributed by atoms with Gasteiger partial charge < -0.3 is 15.8 Å². The van der Waals surface area contributed by atoms with Gasteiger partial charge in [0.25, 0.3) is 0 Å². The summed E-state index contributed by atoms with van der Waals surface area (Å²) in [7, 11) is 0. The Morgan fingerprint density at radius 3 is 3.20 bits per heavy atom. The van der Waals surface area contributed by atoms with Gasteiger partial charge in [-0.15, -0.1) is 10.2 Å². The lowest BCUT2D eigenvalue weighted by Gasteiger charge is -2.08. The van der Waals surface area contributed by atoms with E-state index in [1.807, 2.05) is 18.2 Å². The van der Waals surface area contributed by atoms with Gasteiger partial charge >= 0.3 is 0 Å². The maximum Gasteiger partial charge on any atom is 0.203 e. The second kappa shape index (κ2) is 5.43. The molecule has 0 amide bonds. The first-order chi connectivity index (χ1) is 9.83. The molecule has 0 spiro atoms. The van der Waals surface area contributed by atoms with Crippen molar-refractivity contribution in [1.82, 2.24) is 19.6 Å². The van der Waals surface area contributed by atoms with E-state index in [4.69, 9.17) is 10.5 Å². The summed E-state index contributed by atoms with van der Waals surface area (Å²) in [6, 6.07) is 7.34. The van der Waals surface area contributed by atoms with Crippen molar-refractivity contribution >= 4 is 17.2 Å². The number of hydrogen-bond donors (Lipinski definition) is 2. The smallest absolute Gasteiger partial charge is 0.203 e. The third kappa shape index (κ3) is 2.61. The summed E-state index contributed by atoms with van der Waals surface area (Å²) < 4.78 is 7.39. The predicted molar refractivity (Wildman–Crippen MR) is 75.6 cm³/mol. The molecule has 0 radical (unpaired) electrons. The van der Waals surface area contributed by atoms with Crippen LogP contribution >= 0.6 is 0 Å². The van der Waals surface area contributed by atoms with Crippen molar-refractivity contribution in [2.75, 3.05) is 24.2 Å². The van der Waals surface area contributed by atoms with E-state index < -0.39 is 0 Å². The molecule has 0 unspecified atom stereocenters. The molecule has 2 aromatic heterocycles. The fourth-order valence-electron chi connectivity index (χ4n) is 1.83. The number of hydrogen-bond acceptors (Lipinski definition) is 6. The fourth-order valence-corrected chi connectivity index (χ4v) is 1.83. The van der Waals surface area contributed by atoms with E-state index in [2.05, 4.69) is 20.5 Å². The summed E-state index contributed by atoms with van der Waals surface area (Å²) in [5.41, 5.74) is 7.06. The zero-order valence-corrected chi connectivity index (χ0v) is 10.7. The topological polar surface area (TPSA) is 90.4 Å². The lowest BCUT2D eigenvalue weighted by molar-refractivity contribution is 0.333. The molecule has 0 atom stereocenters. The number of rotatable bonds is 5. The van der Waals surface area contributed by atoms with Crippen LogP contribution in [0.25, 0.3) is 5.65 Å². The average molecular weight is 270 g/mol. The molecule has 3 rings (SSSR count). The third-order valence-corrected chi connectivity index (χ3v) is 2.74. The third-order valence-electron chi connectivity index (χ3n) is 2.74. The lowest BCUT2D eigenvalue weighted by atomic mass is 10.3. The van der Waals surface area contributed by atoms with E-state index in [1.54, 1.807) is 29.2 Å². The van der Waals surface area contributed by atoms with Gasteiger partial charge in [0.1, 0.15) is 18.7 Å². The number of nitrogens with zero attached hydrogens (tertiary/aromatic N) is 4. The van der Waals surface area contributed by atoms with Gasteiger partial charge in [-0.1, -0.05) is 6.07 Å². The van der Waals surface area contributed by atoms with Crippen LogP contribution in [0.2, 0.25) is 0 Å². The number of anilines is 2. The zero-order valence-electron chi connectivity index (χ0n) is 10.7. The molecule has 0 saturated heterocycles. The second-order valence-electron chi connectivity index (χ2n) is 4.19. The molecule has 0 aliphatic heterocycles. The summed E-state index contributed by atoms with van der Waals surface area (Å²) >= 11 is 0. The number of nitrogen functional groups attached to an aromatic ring is 1. The van der Waals surface area contributed by atoms with Crippen molar-refractivity contribution in [3.05, 3.63) is 43.0 Å². The Hall–Kier alpha value is -2.83. The molecule has 0 saturated carbocycles. The van der Waals surface area contributed by atoms with Crippen LogP contribution in [0.4, 0.5) is 11.5 Å². The van der Waals surface area contributed by atoms with Crippen LogP contribution in [0.15, 0.2) is 43.0 Å². The molecule has 3 N–H and O–H groups in total. The van der Waals surface area contributed by atoms with Crippen molar-refractivity contribution in [2.24, 2.45) is 0 Å². The Morgan fingerprint density at radius 1 is 1.35 bits per heavy atom. The summed E-state index contributed by atoms with van der Waals surface area (Å²) in [5.74, 6) is 1.43. The highest BCUT2D eigenvalue weighted by atomic mass is 16.5. The van der Waals surface area contributed by atoms with Gasteiger partial charge in [0.05, 0.1) is 6.54 Å². The number of ether oxygens (including phenoxy) is 1. The van der Waals surface area contributed by atoms with Gasteiger partial charge in [-0.2, -0.15) is 0 Å². The van der Waals surface area contributed by atoms with Crippen LogP contribution in [-0.4, -0.2) is 32.7 Å². The highest BCUT2D eigenvalue weighted by Gasteiger charge is 2.03. The minimum atomic E-state index is 0.500. The van der Waals surface area contributed by atoms with Crippen molar-refractivity contribution < 1.29 is 4.74 Å². The SMILES string of the molecule is Nc1cccc(OCCNc2nccn3cnnc23)c1. The highest BCUT2D eigenvalue weighted by Crippen LogP contribution is 2.14. The predicted octanol–water partition coefficient (Wildman–Crippen LogP) is 1.20. The van der Waals surface area contributed by atoms with Crippen LogP contribution in [0, 0.1) is 0 Å². The van der Waals surface area contributed by atoms with E-state index in [-0.39, 0.29) is 0 Å². The van der Waals surface area contributed by atoms with Gasteiger partial charge in [0.15, 0.2) is 5.82 Å². The first-order valence-electron chi connectivity index (χ1n) is 6.19. The summed E-state index contributed by atoms with van der Waals surface area (Å²) in [6.07, 6.45) is 5.12. The Balaban J connectivity index is 1.56. The molecule has 0 aliphatic carbocycles. The van der Waals surface area contributed by atoms with E-state index in [1.165, 1.54) is 0 Å². The van der Waals surface area contributed by atoms with Gasteiger partial charge in [-0.05, 0) is 12.1 Å². The molecular formula is C13H14N6O. The second-order valence-corrected chi connectivity index (χ2v) is 4.19. The number of nitrogens with two attached hydrogens (primary N) is 1. The molecule has 1 aromatic carbocycles. The maximum atomic E-state index is 5.68. The molecule has 7 nitrogen and oxygen atoms in total. The van der Waals surface area contributed by atoms with Crippen molar-refractivity contribution in [3.63, 3.8) is 0 Å². The van der Waals surface area contributed by atoms with E-state index in [0.29, 0.717) is 30.3 Å². The first kappa shape index (κ1) is 12.2. The minimum Gasteiger partial charge on any atom is -0.492 e. The fraction of sp³-hybridized carbons (Fsp3) is 0.154. The lowest BCUT2D eigenvalue weighted by Crippen LogP contribution is -2.13. The van der Waals surface area contributed by atoms with Crippen molar-refractivity contribution in [2.45, 2.75) is 0 Å². The minimum absolute atomic E-state index is 0.500. The number of aromatic nitrogens is 4. The van der Waals surface area contributed by atoms with Crippen LogP contribution in [-0.2, 0) is 0 Å². The largest absolute Gasteiger partial charge is 0.492 e. The number of benzene rings is 1. The van der Waals surface area contributed by atoms with Crippen LogP contribution in [0.3, 0.4) is 0 Å². The molecule has 0 aliphatic rings. The highest BCUT2D eigenvalue weighted by molar-refractivity contribution is 5.61. The Morgan fingerprint density at radius 2 is 2.30 bits per heavy atom. The van der Waals surface area contributed by atoms with E-state index >= 15 is 0 Å². The Kier molecular flexibility index (Phi) is 3.32. The molecule has 0 bridgehead atoms. The summed E-state index contributed by atoms with van der Waals surface area (Å²) in [4.78, 5) is 4.23.